The molecule has 7 nitrogen and oxygen atoms in total. The zero-order valence-electron chi connectivity index (χ0n) is 15.7. The molecule has 1 N–H and O–H groups in total. The third kappa shape index (κ3) is 3.87. The van der Waals surface area contributed by atoms with Crippen molar-refractivity contribution in [3.8, 4) is 0 Å². The van der Waals surface area contributed by atoms with Crippen LogP contribution in [-0.2, 0) is 13.1 Å². The summed E-state index contributed by atoms with van der Waals surface area (Å²) >= 11 is 13.5. The first-order valence-electron chi connectivity index (χ1n) is 9.14. The predicted molar refractivity (Wildman–Crippen MR) is 117 cm³/mol. The average molecular weight is 475 g/mol. The lowest BCUT2D eigenvalue weighted by molar-refractivity contribution is 0.0945. The van der Waals surface area contributed by atoms with E-state index in [-0.39, 0.29) is 22.8 Å². The van der Waals surface area contributed by atoms with Gasteiger partial charge in [-0.3, -0.25) is 4.79 Å². The van der Waals surface area contributed by atoms with E-state index in [2.05, 4.69) is 26.7 Å². The molecule has 0 saturated carbocycles. The molecule has 4 aromatic heterocycles. The van der Waals surface area contributed by atoms with Crippen LogP contribution in [0.4, 0.5) is 4.39 Å². The lowest BCUT2D eigenvalue weighted by Gasteiger charge is -2.03. The van der Waals surface area contributed by atoms with Gasteiger partial charge in [0.1, 0.15) is 5.52 Å². The molecule has 0 saturated heterocycles. The van der Waals surface area contributed by atoms with Crippen LogP contribution in [0, 0.1) is 5.82 Å². The normalized spacial score (nSPS) is 11.5. The first-order valence-corrected chi connectivity index (χ1v) is 10.7. The number of hydrogen-bond donors (Lipinski definition) is 1. The number of fused-ring (bicyclic) bond motifs is 2. The summed E-state index contributed by atoms with van der Waals surface area (Å²) in [6.07, 6.45) is 4.63. The van der Waals surface area contributed by atoms with Crippen LogP contribution in [0.2, 0.25) is 10.0 Å². The third-order valence-electron chi connectivity index (χ3n) is 4.71. The third-order valence-corrected chi connectivity index (χ3v) is 6.32. The Bertz CT molecular complexity index is 1440. The van der Waals surface area contributed by atoms with Gasteiger partial charge in [0.05, 0.1) is 36.3 Å². The maximum atomic E-state index is 14.3. The minimum absolute atomic E-state index is 0.00738. The number of carbonyl (C=O) groups is 1. The number of halogens is 3. The fraction of sp³-hybridized carbons (Fsp3) is 0.100. The Morgan fingerprint density at radius 1 is 1.23 bits per heavy atom. The largest absolute Gasteiger partial charge is 0.345 e. The standard InChI is InChI=1S/C20H13Cl2FN6OS/c21-12-2-1-11-5-13(31-17(11)6-12)8-29-9-16(26-27-29)20(30)24-7-15-19-18(23)14(22)3-4-28(19)10-25-15/h1-6,9-10H,7-8H2,(H,24,30). The van der Waals surface area contributed by atoms with E-state index in [0.29, 0.717) is 17.3 Å². The average Bonchev–Trinajstić information content (AvgIpc) is 3.47. The molecule has 31 heavy (non-hydrogen) atoms. The molecule has 0 fully saturated rings. The molecule has 1 amide bonds. The van der Waals surface area contributed by atoms with E-state index in [9.17, 15) is 9.18 Å². The highest BCUT2D eigenvalue weighted by Crippen LogP contribution is 2.28. The minimum atomic E-state index is -0.582. The van der Waals surface area contributed by atoms with Gasteiger partial charge in [0.15, 0.2) is 11.5 Å². The van der Waals surface area contributed by atoms with Gasteiger partial charge in [-0.05, 0) is 29.7 Å². The van der Waals surface area contributed by atoms with E-state index in [4.69, 9.17) is 23.2 Å². The molecule has 156 valence electrons. The summed E-state index contributed by atoms with van der Waals surface area (Å²) in [5.41, 5.74) is 0.747. The minimum Gasteiger partial charge on any atom is -0.345 e. The van der Waals surface area contributed by atoms with E-state index in [1.807, 2.05) is 18.2 Å². The fourth-order valence-electron chi connectivity index (χ4n) is 3.25. The zero-order valence-corrected chi connectivity index (χ0v) is 18.0. The lowest BCUT2D eigenvalue weighted by atomic mass is 10.2. The molecule has 0 radical (unpaired) electrons. The number of imidazole rings is 1. The van der Waals surface area contributed by atoms with Crippen molar-refractivity contribution in [2.75, 3.05) is 0 Å². The Morgan fingerprint density at radius 2 is 2.10 bits per heavy atom. The molecule has 0 atom stereocenters. The number of nitrogens with one attached hydrogen (secondary N) is 1. The molecule has 11 heteroatoms. The van der Waals surface area contributed by atoms with Crippen molar-refractivity contribution in [2.45, 2.75) is 13.1 Å². The summed E-state index contributed by atoms with van der Waals surface area (Å²) in [5.74, 6) is -1.01. The van der Waals surface area contributed by atoms with E-state index in [1.165, 1.54) is 16.8 Å². The van der Waals surface area contributed by atoms with Crippen LogP contribution in [-0.4, -0.2) is 30.3 Å². The second-order valence-corrected chi connectivity index (χ2v) is 8.82. The van der Waals surface area contributed by atoms with E-state index in [1.54, 1.807) is 28.4 Å². The highest BCUT2D eigenvalue weighted by molar-refractivity contribution is 7.19. The summed E-state index contributed by atoms with van der Waals surface area (Å²) in [4.78, 5) is 17.7. The van der Waals surface area contributed by atoms with Crippen LogP contribution >= 0.6 is 34.5 Å². The van der Waals surface area contributed by atoms with Gasteiger partial charge in [-0.1, -0.05) is 34.5 Å². The van der Waals surface area contributed by atoms with Crippen molar-refractivity contribution in [2.24, 2.45) is 0 Å². The Hall–Kier alpha value is -3.01. The number of aromatic nitrogens is 5. The highest BCUT2D eigenvalue weighted by Gasteiger charge is 2.16. The van der Waals surface area contributed by atoms with Gasteiger partial charge in [-0.2, -0.15) is 0 Å². The summed E-state index contributed by atoms with van der Waals surface area (Å²) in [5, 5.41) is 12.4. The Morgan fingerprint density at radius 3 is 2.97 bits per heavy atom. The number of thiophene rings is 1. The number of carbonyl (C=O) groups excluding carboxylic acids is 1. The van der Waals surface area contributed by atoms with Crippen molar-refractivity contribution in [3.63, 3.8) is 0 Å². The number of hydrogen-bond acceptors (Lipinski definition) is 5. The van der Waals surface area contributed by atoms with E-state index >= 15 is 0 Å². The first-order chi connectivity index (χ1) is 15.0. The van der Waals surface area contributed by atoms with Crippen molar-refractivity contribution in [1.29, 1.82) is 0 Å². The molecule has 0 spiro atoms. The van der Waals surface area contributed by atoms with Gasteiger partial charge < -0.3 is 9.72 Å². The number of benzene rings is 1. The van der Waals surface area contributed by atoms with E-state index in [0.717, 1.165) is 15.0 Å². The number of amides is 1. The quantitative estimate of drug-likeness (QED) is 0.404. The molecule has 5 rings (SSSR count). The maximum Gasteiger partial charge on any atom is 0.273 e. The fourth-order valence-corrected chi connectivity index (χ4v) is 4.72. The Labute approximate surface area is 189 Å². The molecule has 0 aliphatic heterocycles. The van der Waals surface area contributed by atoms with Gasteiger partial charge in [0.2, 0.25) is 0 Å². The molecule has 0 aliphatic carbocycles. The van der Waals surface area contributed by atoms with Gasteiger partial charge in [-0.25, -0.2) is 14.1 Å². The summed E-state index contributed by atoms with van der Waals surface area (Å²) in [6.45, 7) is 0.503. The van der Waals surface area contributed by atoms with Crippen LogP contribution in [0.1, 0.15) is 21.1 Å². The van der Waals surface area contributed by atoms with Gasteiger partial charge in [-0.15, -0.1) is 16.4 Å². The van der Waals surface area contributed by atoms with E-state index < -0.39 is 11.7 Å². The number of rotatable bonds is 5. The van der Waals surface area contributed by atoms with Crippen molar-refractivity contribution in [1.82, 2.24) is 29.7 Å². The molecular weight excluding hydrogens is 462 g/mol. The van der Waals surface area contributed by atoms with Crippen LogP contribution < -0.4 is 5.32 Å². The molecule has 0 aliphatic rings. The molecule has 4 heterocycles. The van der Waals surface area contributed by atoms with Crippen molar-refractivity contribution < 1.29 is 9.18 Å². The monoisotopic (exact) mass is 474 g/mol. The molecule has 0 unspecified atom stereocenters. The second kappa shape index (κ2) is 7.92. The van der Waals surface area contributed by atoms with Crippen molar-refractivity contribution >= 4 is 56.0 Å². The summed E-state index contributed by atoms with van der Waals surface area (Å²) in [6, 6.07) is 9.23. The molecular formula is C20H13Cl2FN6OS. The van der Waals surface area contributed by atoms with Gasteiger partial charge in [0.25, 0.3) is 5.91 Å². The van der Waals surface area contributed by atoms with Crippen LogP contribution in [0.3, 0.4) is 0 Å². The lowest BCUT2D eigenvalue weighted by Crippen LogP contribution is -2.23. The van der Waals surface area contributed by atoms with Crippen LogP contribution in [0.5, 0.6) is 0 Å². The number of pyridine rings is 1. The smallest absolute Gasteiger partial charge is 0.273 e. The predicted octanol–water partition coefficient (Wildman–Crippen LogP) is 4.56. The SMILES string of the molecule is O=C(NCc1ncn2ccc(Cl)c(F)c12)c1cn(Cc2cc3ccc(Cl)cc3s2)nn1. The summed E-state index contributed by atoms with van der Waals surface area (Å²) in [7, 11) is 0. The van der Waals surface area contributed by atoms with Gasteiger partial charge >= 0.3 is 0 Å². The molecule has 0 bridgehead atoms. The van der Waals surface area contributed by atoms with Crippen LogP contribution in [0.25, 0.3) is 15.6 Å². The topological polar surface area (TPSA) is 77.1 Å². The highest BCUT2D eigenvalue weighted by atomic mass is 35.5. The summed E-state index contributed by atoms with van der Waals surface area (Å²) < 4.78 is 18.5. The van der Waals surface area contributed by atoms with Crippen LogP contribution in [0.15, 0.2) is 49.1 Å². The molecule has 1 aromatic carbocycles. The zero-order chi connectivity index (χ0) is 21.5. The maximum absolute atomic E-state index is 14.3. The van der Waals surface area contributed by atoms with Gasteiger partial charge in [0, 0.05) is 20.8 Å². The number of nitrogens with zero attached hydrogens (tertiary/aromatic N) is 5. The molecule has 5 aromatic rings. The Kier molecular flexibility index (Phi) is 5.09. The van der Waals surface area contributed by atoms with Crippen molar-refractivity contribution in [3.05, 3.63) is 81.2 Å². The first kappa shape index (κ1) is 19.9. The Balaban J connectivity index is 1.28. The second-order valence-electron chi connectivity index (χ2n) is 6.80.